The lowest BCUT2D eigenvalue weighted by Crippen LogP contribution is -2.38. The van der Waals surface area contributed by atoms with Crippen LogP contribution in [0.3, 0.4) is 0 Å². The third-order valence-corrected chi connectivity index (χ3v) is 5.68. The number of amides is 1. The Morgan fingerprint density at radius 1 is 1.28 bits per heavy atom. The average Bonchev–Trinajstić information content (AvgIpc) is 2.61. The van der Waals surface area contributed by atoms with Gasteiger partial charge in [-0.15, -0.1) is 0 Å². The summed E-state index contributed by atoms with van der Waals surface area (Å²) in [6.07, 6.45) is 9.20. The summed E-state index contributed by atoms with van der Waals surface area (Å²) in [6.45, 7) is 4.92. The predicted octanol–water partition coefficient (Wildman–Crippen LogP) is 3.02. The molecule has 0 unspecified atom stereocenters. The summed E-state index contributed by atoms with van der Waals surface area (Å²) in [5.41, 5.74) is 0.202. The van der Waals surface area contributed by atoms with Crippen molar-refractivity contribution in [2.24, 2.45) is 5.92 Å². The third-order valence-electron chi connectivity index (χ3n) is 5.68. The quantitative estimate of drug-likeness (QED) is 0.861. The van der Waals surface area contributed by atoms with Gasteiger partial charge in [0.1, 0.15) is 5.82 Å². The van der Waals surface area contributed by atoms with Crippen molar-refractivity contribution in [1.29, 1.82) is 0 Å². The van der Waals surface area contributed by atoms with Gasteiger partial charge in [0.2, 0.25) is 5.91 Å². The highest BCUT2D eigenvalue weighted by Crippen LogP contribution is 2.30. The molecule has 25 heavy (non-hydrogen) atoms. The van der Waals surface area contributed by atoms with E-state index in [1.165, 1.54) is 12.8 Å². The van der Waals surface area contributed by atoms with Crippen molar-refractivity contribution in [3.63, 3.8) is 0 Å². The van der Waals surface area contributed by atoms with E-state index >= 15 is 0 Å². The van der Waals surface area contributed by atoms with Crippen molar-refractivity contribution in [2.75, 3.05) is 18.0 Å². The van der Waals surface area contributed by atoms with Crippen LogP contribution in [0.15, 0.2) is 18.3 Å². The van der Waals surface area contributed by atoms with Crippen molar-refractivity contribution in [3.8, 4) is 0 Å². The maximum absolute atomic E-state index is 12.1. The number of nitrogens with zero attached hydrogens (tertiary/aromatic N) is 2. The number of pyridine rings is 1. The molecule has 2 heterocycles. The van der Waals surface area contributed by atoms with Crippen molar-refractivity contribution >= 4 is 11.7 Å². The molecule has 0 radical (unpaired) electrons. The van der Waals surface area contributed by atoms with Gasteiger partial charge in [0.05, 0.1) is 12.0 Å². The summed E-state index contributed by atoms with van der Waals surface area (Å²) >= 11 is 0. The van der Waals surface area contributed by atoms with Crippen LogP contribution < -0.4 is 10.2 Å². The van der Waals surface area contributed by atoms with Crippen LogP contribution in [0.2, 0.25) is 0 Å². The molecular formula is C20H31N3O2. The minimum Gasteiger partial charge on any atom is -0.389 e. The number of rotatable bonds is 5. The SMILES string of the molecule is CC1CCN(c2ccc(CNC(=O)CC3(O)CCCCC3)cn2)CC1. The van der Waals surface area contributed by atoms with E-state index in [4.69, 9.17) is 0 Å². The molecule has 0 aromatic carbocycles. The van der Waals surface area contributed by atoms with Gasteiger partial charge in [0.25, 0.3) is 0 Å². The number of nitrogens with one attached hydrogen (secondary N) is 1. The first-order valence-corrected chi connectivity index (χ1v) is 9.73. The number of hydrogen-bond donors (Lipinski definition) is 2. The highest BCUT2D eigenvalue weighted by molar-refractivity contribution is 5.77. The summed E-state index contributed by atoms with van der Waals surface area (Å²) in [5, 5.41) is 13.4. The maximum atomic E-state index is 12.1. The van der Waals surface area contributed by atoms with E-state index in [9.17, 15) is 9.90 Å². The van der Waals surface area contributed by atoms with E-state index < -0.39 is 5.60 Å². The fourth-order valence-electron chi connectivity index (χ4n) is 3.89. The van der Waals surface area contributed by atoms with E-state index in [2.05, 4.69) is 22.1 Å². The Hall–Kier alpha value is -1.62. The Balaban J connectivity index is 1.46. The maximum Gasteiger partial charge on any atom is 0.223 e. The van der Waals surface area contributed by atoms with Gasteiger partial charge in [-0.25, -0.2) is 4.98 Å². The monoisotopic (exact) mass is 345 g/mol. The van der Waals surface area contributed by atoms with Crippen LogP contribution in [-0.2, 0) is 11.3 Å². The van der Waals surface area contributed by atoms with Crippen LogP contribution in [0.25, 0.3) is 0 Å². The number of carbonyl (C=O) groups is 1. The standard InChI is InChI=1S/C20H31N3O2/c1-16-7-11-23(12-8-16)18-6-5-17(14-21-18)15-22-19(24)13-20(25)9-3-2-4-10-20/h5-6,14,16,25H,2-4,7-13,15H2,1H3,(H,22,24). The molecule has 3 rings (SSSR count). The Morgan fingerprint density at radius 2 is 2.00 bits per heavy atom. The zero-order valence-corrected chi connectivity index (χ0v) is 15.3. The lowest BCUT2D eigenvalue weighted by molar-refractivity contribution is -0.127. The summed E-state index contributed by atoms with van der Waals surface area (Å²) in [6, 6.07) is 4.09. The van der Waals surface area contributed by atoms with Gasteiger partial charge in [-0.1, -0.05) is 32.3 Å². The lowest BCUT2D eigenvalue weighted by atomic mass is 9.82. The molecule has 1 saturated heterocycles. The number of aromatic nitrogens is 1. The molecule has 1 aromatic rings. The molecule has 5 nitrogen and oxygen atoms in total. The van der Waals surface area contributed by atoms with Crippen LogP contribution in [0.5, 0.6) is 0 Å². The Morgan fingerprint density at radius 3 is 2.64 bits per heavy atom. The van der Waals surface area contributed by atoms with Crippen molar-refractivity contribution < 1.29 is 9.90 Å². The minimum absolute atomic E-state index is 0.0708. The molecule has 0 bridgehead atoms. The molecular weight excluding hydrogens is 314 g/mol. The first-order valence-electron chi connectivity index (χ1n) is 9.73. The molecule has 0 spiro atoms. The fraction of sp³-hybridized carbons (Fsp3) is 0.700. The Bertz CT molecular complexity index is 559. The molecule has 2 aliphatic rings. The molecule has 1 saturated carbocycles. The second-order valence-corrected chi connectivity index (χ2v) is 7.93. The van der Waals surface area contributed by atoms with Gasteiger partial charge in [-0.2, -0.15) is 0 Å². The average molecular weight is 345 g/mol. The van der Waals surface area contributed by atoms with Gasteiger partial charge in [0.15, 0.2) is 0 Å². The van der Waals surface area contributed by atoms with Gasteiger partial charge < -0.3 is 15.3 Å². The smallest absolute Gasteiger partial charge is 0.223 e. The molecule has 1 aromatic heterocycles. The summed E-state index contributed by atoms with van der Waals surface area (Å²) in [4.78, 5) is 19.0. The van der Waals surface area contributed by atoms with Crippen molar-refractivity contribution in [1.82, 2.24) is 10.3 Å². The fourth-order valence-corrected chi connectivity index (χ4v) is 3.89. The molecule has 0 atom stereocenters. The second-order valence-electron chi connectivity index (χ2n) is 7.93. The summed E-state index contributed by atoms with van der Waals surface area (Å²) < 4.78 is 0. The molecule has 1 aliphatic carbocycles. The first-order chi connectivity index (χ1) is 12.0. The number of hydrogen-bond acceptors (Lipinski definition) is 4. The summed E-state index contributed by atoms with van der Waals surface area (Å²) in [5.74, 6) is 1.77. The zero-order valence-electron chi connectivity index (χ0n) is 15.3. The lowest BCUT2D eigenvalue weighted by Gasteiger charge is -2.31. The van der Waals surface area contributed by atoms with Crippen LogP contribution in [0.1, 0.15) is 63.9 Å². The van der Waals surface area contributed by atoms with Gasteiger partial charge in [-0.05, 0) is 43.2 Å². The Labute approximate surface area is 150 Å². The van der Waals surface area contributed by atoms with E-state index in [0.717, 1.165) is 62.5 Å². The van der Waals surface area contributed by atoms with Crippen molar-refractivity contribution in [2.45, 2.75) is 70.4 Å². The predicted molar refractivity (Wildman–Crippen MR) is 99.3 cm³/mol. The van der Waals surface area contributed by atoms with Crippen LogP contribution in [0.4, 0.5) is 5.82 Å². The third kappa shape index (κ3) is 5.18. The van der Waals surface area contributed by atoms with E-state index in [1.807, 2.05) is 18.3 Å². The largest absolute Gasteiger partial charge is 0.389 e. The Kier molecular flexibility index (Phi) is 5.94. The molecule has 2 N–H and O–H groups in total. The highest BCUT2D eigenvalue weighted by Gasteiger charge is 2.31. The van der Waals surface area contributed by atoms with Gasteiger partial charge >= 0.3 is 0 Å². The van der Waals surface area contributed by atoms with E-state index in [1.54, 1.807) is 0 Å². The van der Waals surface area contributed by atoms with Gasteiger partial charge in [-0.3, -0.25) is 4.79 Å². The zero-order chi connectivity index (χ0) is 17.7. The second kappa shape index (κ2) is 8.17. The van der Waals surface area contributed by atoms with Crippen LogP contribution >= 0.6 is 0 Å². The minimum atomic E-state index is -0.796. The number of anilines is 1. The normalized spacial score (nSPS) is 21.1. The van der Waals surface area contributed by atoms with E-state index in [-0.39, 0.29) is 12.3 Å². The number of piperidine rings is 1. The van der Waals surface area contributed by atoms with Gasteiger partial charge in [0, 0.05) is 25.8 Å². The molecule has 5 heteroatoms. The van der Waals surface area contributed by atoms with Crippen LogP contribution in [-0.4, -0.2) is 34.7 Å². The number of aliphatic hydroxyl groups is 1. The van der Waals surface area contributed by atoms with Crippen molar-refractivity contribution in [3.05, 3.63) is 23.9 Å². The molecule has 2 fully saturated rings. The molecule has 1 amide bonds. The first kappa shape index (κ1) is 18.2. The van der Waals surface area contributed by atoms with Crippen LogP contribution in [0, 0.1) is 5.92 Å². The molecule has 138 valence electrons. The topological polar surface area (TPSA) is 65.5 Å². The summed E-state index contributed by atoms with van der Waals surface area (Å²) in [7, 11) is 0. The number of carbonyl (C=O) groups excluding carboxylic acids is 1. The highest BCUT2D eigenvalue weighted by atomic mass is 16.3. The molecule has 1 aliphatic heterocycles. The van der Waals surface area contributed by atoms with E-state index in [0.29, 0.717) is 6.54 Å².